The van der Waals surface area contributed by atoms with Gasteiger partial charge in [-0.15, -0.1) is 10.2 Å². The monoisotopic (exact) mass is 381 g/mol. The number of thioether (sulfide) groups is 1. The summed E-state index contributed by atoms with van der Waals surface area (Å²) in [5.41, 5.74) is 0. The number of carbonyl (C=O) groups excluding carboxylic acids is 1. The number of nitrogens with zero attached hydrogens (tertiary/aromatic N) is 5. The fourth-order valence-electron chi connectivity index (χ4n) is 3.61. The molecule has 3 rings (SSSR count). The average molecular weight is 382 g/mol. The molecule has 2 fully saturated rings. The topological polar surface area (TPSA) is 63.5 Å². The van der Waals surface area contributed by atoms with E-state index < -0.39 is 0 Å². The SMILES string of the molecule is CSCCC(C)N(C)c1nnc(C(=O)N2CCCC2)n1CC1CCOC1. The van der Waals surface area contributed by atoms with Crippen LogP contribution in [0.2, 0.25) is 0 Å². The standard InChI is InChI=1S/C18H31N5O2S/c1-14(7-11-26-3)21(2)18-20-19-16(17(24)22-8-4-5-9-22)23(18)12-15-6-10-25-13-15/h14-15H,4-13H2,1-3H3. The highest BCUT2D eigenvalue weighted by molar-refractivity contribution is 7.98. The number of aromatic nitrogens is 3. The van der Waals surface area contributed by atoms with Crippen LogP contribution in [-0.4, -0.2) is 77.0 Å². The van der Waals surface area contributed by atoms with Crippen LogP contribution < -0.4 is 4.90 Å². The Morgan fingerprint density at radius 2 is 2.15 bits per heavy atom. The van der Waals surface area contributed by atoms with Gasteiger partial charge >= 0.3 is 0 Å². The summed E-state index contributed by atoms with van der Waals surface area (Å²) in [6.07, 6.45) is 6.39. The maximum Gasteiger partial charge on any atom is 0.291 e. The summed E-state index contributed by atoms with van der Waals surface area (Å²) < 4.78 is 7.58. The molecular weight excluding hydrogens is 350 g/mol. The molecule has 0 bridgehead atoms. The molecule has 3 heterocycles. The average Bonchev–Trinajstić information content (AvgIpc) is 3.40. The van der Waals surface area contributed by atoms with E-state index in [1.807, 2.05) is 21.2 Å². The molecule has 0 radical (unpaired) electrons. The summed E-state index contributed by atoms with van der Waals surface area (Å²) in [4.78, 5) is 17.0. The Hall–Kier alpha value is -1.28. The maximum atomic E-state index is 13.0. The van der Waals surface area contributed by atoms with Crippen molar-refractivity contribution in [2.75, 3.05) is 50.3 Å². The highest BCUT2D eigenvalue weighted by Gasteiger charge is 2.30. The van der Waals surface area contributed by atoms with E-state index in [2.05, 4.69) is 35.3 Å². The zero-order valence-corrected chi connectivity index (χ0v) is 17.0. The first-order valence-corrected chi connectivity index (χ1v) is 11.0. The Morgan fingerprint density at radius 3 is 2.81 bits per heavy atom. The number of anilines is 1. The number of hydrogen-bond acceptors (Lipinski definition) is 6. The second-order valence-electron chi connectivity index (χ2n) is 7.40. The molecule has 1 aromatic rings. The second-order valence-corrected chi connectivity index (χ2v) is 8.39. The van der Waals surface area contributed by atoms with Crippen LogP contribution in [0.15, 0.2) is 0 Å². The zero-order valence-electron chi connectivity index (χ0n) is 16.2. The summed E-state index contributed by atoms with van der Waals surface area (Å²) in [5.74, 6) is 2.83. The number of rotatable bonds is 8. The predicted octanol–water partition coefficient (Wildman–Crippen LogP) is 2.13. The van der Waals surface area contributed by atoms with Gasteiger partial charge in [0, 0.05) is 45.2 Å². The molecule has 2 aliphatic rings. The van der Waals surface area contributed by atoms with E-state index in [1.54, 1.807) is 0 Å². The lowest BCUT2D eigenvalue weighted by molar-refractivity contribution is 0.0773. The minimum absolute atomic E-state index is 0.0188. The number of carbonyl (C=O) groups is 1. The molecule has 2 atom stereocenters. The van der Waals surface area contributed by atoms with Gasteiger partial charge in [-0.2, -0.15) is 11.8 Å². The van der Waals surface area contributed by atoms with Gasteiger partial charge in [0.1, 0.15) is 0 Å². The van der Waals surface area contributed by atoms with Crippen molar-refractivity contribution >= 4 is 23.6 Å². The van der Waals surface area contributed by atoms with Gasteiger partial charge in [0.2, 0.25) is 11.8 Å². The zero-order chi connectivity index (χ0) is 18.5. The van der Waals surface area contributed by atoms with Gasteiger partial charge in [0.25, 0.3) is 5.91 Å². The predicted molar refractivity (Wildman–Crippen MR) is 105 cm³/mol. The Labute approximate surface area is 160 Å². The lowest BCUT2D eigenvalue weighted by Gasteiger charge is -2.27. The molecule has 2 saturated heterocycles. The summed E-state index contributed by atoms with van der Waals surface area (Å²) in [6, 6.07) is 0.347. The number of likely N-dealkylation sites (tertiary alicyclic amines) is 1. The molecule has 0 aliphatic carbocycles. The number of amides is 1. The quantitative estimate of drug-likeness (QED) is 0.687. The third-order valence-corrected chi connectivity index (χ3v) is 6.14. The molecule has 0 aromatic carbocycles. The van der Waals surface area contributed by atoms with Gasteiger partial charge in [-0.05, 0) is 44.6 Å². The lowest BCUT2D eigenvalue weighted by Crippen LogP contribution is -2.34. The van der Waals surface area contributed by atoms with Crippen LogP contribution in [0, 0.1) is 5.92 Å². The van der Waals surface area contributed by atoms with Gasteiger partial charge in [-0.3, -0.25) is 9.36 Å². The molecule has 0 spiro atoms. The molecule has 2 unspecified atom stereocenters. The molecule has 1 amide bonds. The van der Waals surface area contributed by atoms with Crippen molar-refractivity contribution in [1.29, 1.82) is 0 Å². The molecule has 0 saturated carbocycles. The van der Waals surface area contributed by atoms with Gasteiger partial charge in [0.15, 0.2) is 0 Å². The molecule has 146 valence electrons. The summed E-state index contributed by atoms with van der Waals surface area (Å²) >= 11 is 1.85. The molecule has 8 heteroatoms. The van der Waals surface area contributed by atoms with E-state index in [1.165, 1.54) is 0 Å². The van der Waals surface area contributed by atoms with E-state index in [0.29, 0.717) is 17.8 Å². The van der Waals surface area contributed by atoms with Crippen LogP contribution >= 0.6 is 11.8 Å². The van der Waals surface area contributed by atoms with Gasteiger partial charge in [-0.1, -0.05) is 0 Å². The van der Waals surface area contributed by atoms with Gasteiger partial charge < -0.3 is 14.5 Å². The van der Waals surface area contributed by atoms with Crippen LogP contribution in [0.5, 0.6) is 0 Å². The smallest absolute Gasteiger partial charge is 0.291 e. The van der Waals surface area contributed by atoms with Gasteiger partial charge in [-0.25, -0.2) is 0 Å². The van der Waals surface area contributed by atoms with Crippen molar-refractivity contribution in [1.82, 2.24) is 19.7 Å². The van der Waals surface area contributed by atoms with Crippen molar-refractivity contribution in [2.45, 2.75) is 45.2 Å². The molecule has 2 aliphatic heterocycles. The maximum absolute atomic E-state index is 13.0. The largest absolute Gasteiger partial charge is 0.381 e. The summed E-state index contributed by atoms with van der Waals surface area (Å²) in [6.45, 7) is 6.16. The number of ether oxygens (including phenoxy) is 1. The van der Waals surface area contributed by atoms with E-state index in [4.69, 9.17) is 4.74 Å². The van der Waals surface area contributed by atoms with E-state index >= 15 is 0 Å². The third-order valence-electron chi connectivity index (χ3n) is 5.50. The van der Waals surface area contributed by atoms with Crippen LogP contribution in [0.1, 0.15) is 43.2 Å². The highest BCUT2D eigenvalue weighted by Crippen LogP contribution is 2.23. The van der Waals surface area contributed by atoms with Crippen molar-refractivity contribution in [3.8, 4) is 0 Å². The second kappa shape index (κ2) is 9.08. The normalized spacial score (nSPS) is 21.3. The van der Waals surface area contributed by atoms with E-state index in [0.717, 1.165) is 70.2 Å². The van der Waals surface area contributed by atoms with E-state index in [-0.39, 0.29) is 5.91 Å². The molecule has 1 aromatic heterocycles. The fourth-order valence-corrected chi connectivity index (χ4v) is 4.19. The highest BCUT2D eigenvalue weighted by atomic mass is 32.2. The Morgan fingerprint density at radius 1 is 1.38 bits per heavy atom. The first-order valence-electron chi connectivity index (χ1n) is 9.63. The van der Waals surface area contributed by atoms with Crippen LogP contribution in [-0.2, 0) is 11.3 Å². The minimum atomic E-state index is 0.0188. The lowest BCUT2D eigenvalue weighted by atomic mass is 10.1. The fraction of sp³-hybridized carbons (Fsp3) is 0.833. The Balaban J connectivity index is 1.83. The van der Waals surface area contributed by atoms with Crippen LogP contribution in [0.4, 0.5) is 5.95 Å². The van der Waals surface area contributed by atoms with Crippen LogP contribution in [0.3, 0.4) is 0 Å². The first-order chi connectivity index (χ1) is 12.6. The van der Waals surface area contributed by atoms with Gasteiger partial charge in [0.05, 0.1) is 6.61 Å². The molecule has 7 nitrogen and oxygen atoms in total. The van der Waals surface area contributed by atoms with Crippen LogP contribution in [0.25, 0.3) is 0 Å². The third kappa shape index (κ3) is 4.34. The molecular formula is C18H31N5O2S. The molecule has 0 N–H and O–H groups in total. The Kier molecular flexibility index (Phi) is 6.80. The van der Waals surface area contributed by atoms with Crippen molar-refractivity contribution in [2.24, 2.45) is 5.92 Å². The number of hydrogen-bond donors (Lipinski definition) is 0. The molecule has 26 heavy (non-hydrogen) atoms. The Bertz CT molecular complexity index is 596. The van der Waals surface area contributed by atoms with Crippen molar-refractivity contribution in [3.05, 3.63) is 5.82 Å². The minimum Gasteiger partial charge on any atom is -0.381 e. The van der Waals surface area contributed by atoms with Crippen molar-refractivity contribution in [3.63, 3.8) is 0 Å². The van der Waals surface area contributed by atoms with Crippen molar-refractivity contribution < 1.29 is 9.53 Å². The first kappa shape index (κ1) is 19.5. The summed E-state index contributed by atoms with van der Waals surface area (Å²) in [5, 5.41) is 8.74. The van der Waals surface area contributed by atoms with E-state index in [9.17, 15) is 4.79 Å². The summed E-state index contributed by atoms with van der Waals surface area (Å²) in [7, 11) is 2.06.